The van der Waals surface area contributed by atoms with E-state index >= 15 is 0 Å². The SMILES string of the molecule is COc1cccc(OCC2=NC(N)=CS2(=O)=O)c1. The Hall–Kier alpha value is -2.02. The van der Waals surface area contributed by atoms with E-state index in [1.165, 1.54) is 7.11 Å². The molecule has 0 atom stereocenters. The van der Waals surface area contributed by atoms with Crippen LogP contribution in [0.5, 0.6) is 11.5 Å². The largest absolute Gasteiger partial charge is 0.497 e. The van der Waals surface area contributed by atoms with Crippen molar-refractivity contribution in [1.82, 2.24) is 0 Å². The van der Waals surface area contributed by atoms with Crippen LogP contribution in [0.2, 0.25) is 0 Å². The molecule has 18 heavy (non-hydrogen) atoms. The molecular formula is C11H12N2O4S. The van der Waals surface area contributed by atoms with Crippen molar-refractivity contribution in [2.45, 2.75) is 0 Å². The van der Waals surface area contributed by atoms with Gasteiger partial charge in [-0.1, -0.05) is 6.07 Å². The first-order valence-electron chi connectivity index (χ1n) is 5.08. The maximum atomic E-state index is 11.5. The molecule has 0 unspecified atom stereocenters. The van der Waals surface area contributed by atoms with Crippen molar-refractivity contribution in [2.24, 2.45) is 10.7 Å². The van der Waals surface area contributed by atoms with Crippen molar-refractivity contribution < 1.29 is 17.9 Å². The normalized spacial score (nSPS) is 16.9. The Bertz CT molecular complexity index is 620. The molecule has 1 aromatic carbocycles. The zero-order valence-electron chi connectivity index (χ0n) is 9.66. The first-order chi connectivity index (χ1) is 8.51. The Morgan fingerprint density at radius 2 is 2.06 bits per heavy atom. The Balaban J connectivity index is 2.07. The highest BCUT2D eigenvalue weighted by atomic mass is 32.2. The lowest BCUT2D eigenvalue weighted by Gasteiger charge is -2.07. The number of sulfone groups is 1. The summed E-state index contributed by atoms with van der Waals surface area (Å²) in [6, 6.07) is 6.85. The molecule has 0 radical (unpaired) electrons. The van der Waals surface area contributed by atoms with Gasteiger partial charge in [0, 0.05) is 6.07 Å². The number of nitrogens with zero attached hydrogens (tertiary/aromatic N) is 1. The predicted molar refractivity (Wildman–Crippen MR) is 67.1 cm³/mol. The first-order valence-corrected chi connectivity index (χ1v) is 6.62. The van der Waals surface area contributed by atoms with Crippen LogP contribution in [0.4, 0.5) is 0 Å². The quantitative estimate of drug-likeness (QED) is 0.866. The third-order valence-electron chi connectivity index (χ3n) is 2.26. The second-order valence-corrected chi connectivity index (χ2v) is 5.36. The van der Waals surface area contributed by atoms with Gasteiger partial charge in [0.25, 0.3) is 0 Å². The van der Waals surface area contributed by atoms with Gasteiger partial charge in [-0.05, 0) is 12.1 Å². The summed E-state index contributed by atoms with van der Waals surface area (Å²) in [5.74, 6) is 1.10. The van der Waals surface area contributed by atoms with Crippen molar-refractivity contribution in [1.29, 1.82) is 0 Å². The summed E-state index contributed by atoms with van der Waals surface area (Å²) < 4.78 is 33.4. The van der Waals surface area contributed by atoms with Gasteiger partial charge < -0.3 is 15.2 Å². The van der Waals surface area contributed by atoms with Gasteiger partial charge in [0.2, 0.25) is 9.84 Å². The van der Waals surface area contributed by atoms with Gasteiger partial charge in [-0.25, -0.2) is 13.4 Å². The first kappa shape index (κ1) is 12.4. The second kappa shape index (κ2) is 4.69. The number of ether oxygens (including phenoxy) is 2. The lowest BCUT2D eigenvalue weighted by molar-refractivity contribution is 0.370. The molecule has 6 nitrogen and oxygen atoms in total. The van der Waals surface area contributed by atoms with Gasteiger partial charge in [0.1, 0.15) is 23.9 Å². The van der Waals surface area contributed by atoms with Crippen LogP contribution in [-0.2, 0) is 9.84 Å². The average Bonchev–Trinajstić information content (AvgIpc) is 2.59. The molecular weight excluding hydrogens is 256 g/mol. The van der Waals surface area contributed by atoms with E-state index in [0.29, 0.717) is 11.5 Å². The van der Waals surface area contributed by atoms with Crippen LogP contribution in [-0.4, -0.2) is 27.2 Å². The van der Waals surface area contributed by atoms with Crippen LogP contribution in [0.15, 0.2) is 40.5 Å². The highest BCUT2D eigenvalue weighted by Crippen LogP contribution is 2.19. The number of methoxy groups -OCH3 is 1. The Kier molecular flexibility index (Phi) is 3.24. The summed E-state index contributed by atoms with van der Waals surface area (Å²) in [5.41, 5.74) is 5.33. The van der Waals surface area contributed by atoms with Crippen LogP contribution in [0.25, 0.3) is 0 Å². The number of hydrogen-bond acceptors (Lipinski definition) is 6. The fourth-order valence-electron chi connectivity index (χ4n) is 1.41. The molecule has 1 heterocycles. The Morgan fingerprint density at radius 3 is 2.67 bits per heavy atom. The molecule has 0 saturated heterocycles. The van der Waals surface area contributed by atoms with E-state index in [-0.39, 0.29) is 17.5 Å². The smallest absolute Gasteiger partial charge is 0.220 e. The minimum atomic E-state index is -3.52. The van der Waals surface area contributed by atoms with Crippen LogP contribution < -0.4 is 15.2 Å². The second-order valence-electron chi connectivity index (χ2n) is 3.56. The zero-order valence-corrected chi connectivity index (χ0v) is 10.5. The molecule has 0 amide bonds. The molecule has 0 aliphatic carbocycles. The van der Waals surface area contributed by atoms with Gasteiger partial charge in [-0.2, -0.15) is 0 Å². The van der Waals surface area contributed by atoms with Gasteiger partial charge in [0.15, 0.2) is 5.04 Å². The monoisotopic (exact) mass is 268 g/mol. The molecule has 1 aromatic rings. The molecule has 96 valence electrons. The fraction of sp³-hybridized carbons (Fsp3) is 0.182. The van der Waals surface area contributed by atoms with Gasteiger partial charge in [0.05, 0.1) is 12.5 Å². The predicted octanol–water partition coefficient (Wildman–Crippen LogP) is 0.659. The molecule has 2 N–H and O–H groups in total. The Labute approximate surface area is 105 Å². The lowest BCUT2D eigenvalue weighted by atomic mass is 10.3. The number of rotatable bonds is 4. The maximum absolute atomic E-state index is 11.5. The third kappa shape index (κ3) is 2.62. The Morgan fingerprint density at radius 1 is 1.33 bits per heavy atom. The summed E-state index contributed by atoms with van der Waals surface area (Å²) >= 11 is 0. The molecule has 2 rings (SSSR count). The summed E-state index contributed by atoms with van der Waals surface area (Å²) in [6.07, 6.45) is 0. The summed E-state index contributed by atoms with van der Waals surface area (Å²) in [7, 11) is -1.98. The molecule has 7 heteroatoms. The average molecular weight is 268 g/mol. The highest BCUT2D eigenvalue weighted by Gasteiger charge is 2.24. The van der Waals surface area contributed by atoms with Crippen molar-refractivity contribution in [3.05, 3.63) is 35.5 Å². The minimum Gasteiger partial charge on any atom is -0.497 e. The molecule has 0 bridgehead atoms. The van der Waals surface area contributed by atoms with Crippen LogP contribution in [0.1, 0.15) is 0 Å². The van der Waals surface area contributed by atoms with Crippen molar-refractivity contribution in [3.63, 3.8) is 0 Å². The van der Waals surface area contributed by atoms with E-state index in [0.717, 1.165) is 5.41 Å². The van der Waals surface area contributed by atoms with E-state index in [2.05, 4.69) is 4.99 Å². The third-order valence-corrected chi connectivity index (χ3v) is 3.68. The summed E-state index contributed by atoms with van der Waals surface area (Å²) in [6.45, 7) is -0.160. The van der Waals surface area contributed by atoms with E-state index in [1.807, 2.05) is 0 Å². The minimum absolute atomic E-state index is 0.0285. The molecule has 1 aliphatic rings. The van der Waals surface area contributed by atoms with Gasteiger partial charge >= 0.3 is 0 Å². The van der Waals surface area contributed by atoms with E-state index in [9.17, 15) is 8.42 Å². The number of hydrogen-bond donors (Lipinski definition) is 1. The maximum Gasteiger partial charge on any atom is 0.220 e. The zero-order chi connectivity index (χ0) is 13.2. The fourth-order valence-corrected chi connectivity index (χ4v) is 2.37. The number of benzene rings is 1. The topological polar surface area (TPSA) is 91.0 Å². The van der Waals surface area contributed by atoms with E-state index in [4.69, 9.17) is 15.2 Å². The van der Waals surface area contributed by atoms with Crippen LogP contribution >= 0.6 is 0 Å². The summed E-state index contributed by atoms with van der Waals surface area (Å²) in [5, 5.41) is 0.819. The number of aliphatic imine (C=N–C) groups is 1. The number of nitrogens with two attached hydrogens (primary N) is 1. The van der Waals surface area contributed by atoms with E-state index < -0.39 is 9.84 Å². The molecule has 0 aromatic heterocycles. The molecule has 1 aliphatic heterocycles. The van der Waals surface area contributed by atoms with Crippen LogP contribution in [0, 0.1) is 0 Å². The highest BCUT2D eigenvalue weighted by molar-refractivity contribution is 8.09. The van der Waals surface area contributed by atoms with E-state index in [1.54, 1.807) is 24.3 Å². The standard InChI is InChI=1S/C11H12N2O4S/c1-16-8-3-2-4-9(5-8)17-6-11-13-10(12)7-18(11,14)15/h2-5,7H,6,12H2,1H3. The van der Waals surface area contributed by atoms with Crippen molar-refractivity contribution in [3.8, 4) is 11.5 Å². The summed E-state index contributed by atoms with van der Waals surface area (Å²) in [4.78, 5) is 3.71. The van der Waals surface area contributed by atoms with Crippen LogP contribution in [0.3, 0.4) is 0 Å². The van der Waals surface area contributed by atoms with Crippen molar-refractivity contribution in [2.75, 3.05) is 13.7 Å². The molecule has 0 saturated carbocycles. The molecule has 0 fully saturated rings. The molecule has 0 spiro atoms. The van der Waals surface area contributed by atoms with Gasteiger partial charge in [-0.3, -0.25) is 0 Å². The van der Waals surface area contributed by atoms with Gasteiger partial charge in [-0.15, -0.1) is 0 Å². The van der Waals surface area contributed by atoms with Crippen molar-refractivity contribution >= 4 is 14.9 Å². The lowest BCUT2D eigenvalue weighted by Crippen LogP contribution is -2.17.